The van der Waals surface area contributed by atoms with Crippen LogP contribution in [0.1, 0.15) is 21.5 Å². The van der Waals surface area contributed by atoms with E-state index >= 15 is 0 Å². The molecular weight excluding hydrogens is 472 g/mol. The summed E-state index contributed by atoms with van der Waals surface area (Å²) in [7, 11) is 3.03. The summed E-state index contributed by atoms with van der Waals surface area (Å²) in [5.41, 5.74) is 2.93. The van der Waals surface area contributed by atoms with Gasteiger partial charge in [-0.3, -0.25) is 4.79 Å². The molecule has 37 heavy (non-hydrogen) atoms. The molecule has 0 fully saturated rings. The molecule has 0 saturated heterocycles. The smallest absolute Gasteiger partial charge is 0.189 e. The number of benzene rings is 2. The quantitative estimate of drug-likeness (QED) is 0.135. The third-order valence-corrected chi connectivity index (χ3v) is 5.45. The first-order valence-corrected chi connectivity index (χ1v) is 11.3. The second-order valence-electron chi connectivity index (χ2n) is 7.86. The van der Waals surface area contributed by atoms with Gasteiger partial charge in [0.2, 0.25) is 0 Å². The number of ketones is 1. The predicted molar refractivity (Wildman–Crippen MR) is 142 cm³/mol. The van der Waals surface area contributed by atoms with Crippen molar-refractivity contribution in [2.24, 2.45) is 0 Å². The van der Waals surface area contributed by atoms with Gasteiger partial charge >= 0.3 is 0 Å². The van der Waals surface area contributed by atoms with Crippen LogP contribution < -0.4 is 20.1 Å². The first-order chi connectivity index (χ1) is 18.0. The summed E-state index contributed by atoms with van der Waals surface area (Å²) in [6.45, 7) is -0.232. The molecule has 0 aliphatic carbocycles. The van der Waals surface area contributed by atoms with E-state index < -0.39 is 0 Å². The minimum absolute atomic E-state index is 0.146. The lowest BCUT2D eigenvalue weighted by Gasteiger charge is -2.15. The molecule has 9 heteroatoms. The number of hydrogen-bond acceptors (Lipinski definition) is 9. The number of pyridine rings is 2. The number of phenols is 1. The van der Waals surface area contributed by atoms with Gasteiger partial charge in [-0.25, -0.2) is 9.97 Å². The van der Waals surface area contributed by atoms with Gasteiger partial charge in [-0.1, -0.05) is 0 Å². The number of rotatable bonds is 10. The highest BCUT2D eigenvalue weighted by Crippen LogP contribution is 2.36. The van der Waals surface area contributed by atoms with E-state index in [4.69, 9.17) is 9.47 Å². The number of phenolic OH excluding ortho intramolecular Hbond substituents is 1. The van der Waals surface area contributed by atoms with E-state index in [1.165, 1.54) is 20.3 Å². The number of nitrogens with one attached hydrogen (secondary N) is 2. The van der Waals surface area contributed by atoms with Crippen LogP contribution in [-0.4, -0.2) is 40.2 Å². The van der Waals surface area contributed by atoms with Gasteiger partial charge < -0.3 is 30.3 Å². The van der Waals surface area contributed by atoms with Gasteiger partial charge in [-0.05, 0) is 66.7 Å². The Labute approximate surface area is 214 Å². The lowest BCUT2D eigenvalue weighted by Crippen LogP contribution is -2.03. The maximum absolute atomic E-state index is 13.1. The van der Waals surface area contributed by atoms with E-state index in [0.717, 1.165) is 0 Å². The normalized spacial score (nSPS) is 10.8. The number of anilines is 4. The van der Waals surface area contributed by atoms with Crippen LogP contribution in [0.5, 0.6) is 17.2 Å². The van der Waals surface area contributed by atoms with Crippen LogP contribution in [-0.2, 0) is 6.61 Å². The van der Waals surface area contributed by atoms with Crippen LogP contribution in [0.2, 0.25) is 0 Å². The van der Waals surface area contributed by atoms with Crippen LogP contribution in [0.3, 0.4) is 0 Å². The van der Waals surface area contributed by atoms with Gasteiger partial charge in [-0.2, -0.15) is 0 Å². The second kappa shape index (κ2) is 11.7. The lowest BCUT2D eigenvalue weighted by molar-refractivity contribution is 0.104. The molecule has 0 aliphatic rings. The average molecular weight is 499 g/mol. The first-order valence-electron chi connectivity index (χ1n) is 11.3. The molecule has 0 spiro atoms. The fourth-order valence-corrected chi connectivity index (χ4v) is 3.67. The Balaban J connectivity index is 1.57. The van der Waals surface area contributed by atoms with Crippen molar-refractivity contribution in [3.05, 3.63) is 95.8 Å². The van der Waals surface area contributed by atoms with E-state index in [-0.39, 0.29) is 18.1 Å². The van der Waals surface area contributed by atoms with Crippen molar-refractivity contribution in [3.8, 4) is 17.2 Å². The minimum atomic E-state index is -0.252. The highest BCUT2D eigenvalue weighted by Gasteiger charge is 2.14. The Morgan fingerprint density at radius 3 is 2.32 bits per heavy atom. The predicted octanol–water partition coefficient (Wildman–Crippen LogP) is 5.08. The van der Waals surface area contributed by atoms with Crippen molar-refractivity contribution in [3.63, 3.8) is 0 Å². The Hall–Kier alpha value is -4.89. The topological polar surface area (TPSA) is 126 Å². The average Bonchev–Trinajstić information content (AvgIpc) is 2.93. The van der Waals surface area contributed by atoms with Gasteiger partial charge in [-0.15, -0.1) is 0 Å². The standard InChI is InChI=1S/C28H26N4O5/c1-36-25-16-21(15-19(17-33)26(25)37-2)32-27-18(5-3-13-29-27)7-12-24(35)23-6-4-14-30-28(23)31-20-8-10-22(34)11-9-20/h3-16,33-34H,17H2,1-2H3,(H,29,32)(H,30,31)/b12-7+. The summed E-state index contributed by atoms with van der Waals surface area (Å²) in [5, 5.41) is 25.6. The van der Waals surface area contributed by atoms with Gasteiger partial charge in [0.25, 0.3) is 0 Å². The molecule has 0 atom stereocenters. The van der Waals surface area contributed by atoms with Crippen molar-refractivity contribution in [1.29, 1.82) is 0 Å². The lowest BCUT2D eigenvalue weighted by atomic mass is 10.1. The van der Waals surface area contributed by atoms with E-state index in [0.29, 0.717) is 51.2 Å². The zero-order valence-electron chi connectivity index (χ0n) is 20.3. The Morgan fingerprint density at radius 1 is 0.919 bits per heavy atom. The van der Waals surface area contributed by atoms with Gasteiger partial charge in [0.15, 0.2) is 17.3 Å². The van der Waals surface area contributed by atoms with Gasteiger partial charge in [0, 0.05) is 41.0 Å². The largest absolute Gasteiger partial charge is 0.508 e. The van der Waals surface area contributed by atoms with Crippen LogP contribution in [0, 0.1) is 0 Å². The Bertz CT molecular complexity index is 1400. The monoisotopic (exact) mass is 498 g/mol. The summed E-state index contributed by atoms with van der Waals surface area (Å²) in [4.78, 5) is 21.8. The van der Waals surface area contributed by atoms with Gasteiger partial charge in [0.05, 0.1) is 26.4 Å². The number of hydrogen-bond donors (Lipinski definition) is 4. The molecule has 2 aromatic carbocycles. The maximum atomic E-state index is 13.1. The molecule has 0 unspecified atom stereocenters. The summed E-state index contributed by atoms with van der Waals surface area (Å²) >= 11 is 0. The molecule has 9 nitrogen and oxygen atoms in total. The highest BCUT2D eigenvalue weighted by molar-refractivity contribution is 6.10. The third kappa shape index (κ3) is 6.03. The number of allylic oxidation sites excluding steroid dienone is 1. The molecule has 2 heterocycles. The summed E-state index contributed by atoms with van der Waals surface area (Å²) in [5.74, 6) is 1.72. The number of aromatic hydroxyl groups is 1. The minimum Gasteiger partial charge on any atom is -0.508 e. The fraction of sp³-hybridized carbons (Fsp3) is 0.107. The molecule has 0 amide bonds. The Morgan fingerprint density at radius 2 is 1.62 bits per heavy atom. The Kier molecular flexibility index (Phi) is 7.97. The second-order valence-corrected chi connectivity index (χ2v) is 7.86. The van der Waals surface area contributed by atoms with Crippen molar-refractivity contribution >= 4 is 34.9 Å². The molecule has 2 aromatic heterocycles. The van der Waals surface area contributed by atoms with Crippen LogP contribution in [0.25, 0.3) is 6.08 Å². The van der Waals surface area contributed by atoms with Crippen LogP contribution in [0.4, 0.5) is 23.0 Å². The van der Waals surface area contributed by atoms with Crippen molar-refractivity contribution in [2.45, 2.75) is 6.61 Å². The van der Waals surface area contributed by atoms with Crippen LogP contribution in [0.15, 0.2) is 79.1 Å². The van der Waals surface area contributed by atoms with Gasteiger partial charge in [0.1, 0.15) is 17.4 Å². The molecule has 0 aliphatic heterocycles. The van der Waals surface area contributed by atoms with Crippen molar-refractivity contribution < 1.29 is 24.5 Å². The molecule has 4 rings (SSSR count). The molecule has 0 bridgehead atoms. The number of methoxy groups -OCH3 is 2. The molecule has 188 valence electrons. The summed E-state index contributed by atoms with van der Waals surface area (Å²) in [6.07, 6.45) is 6.35. The van der Waals surface area contributed by atoms with Crippen LogP contribution >= 0.6 is 0 Å². The SMILES string of the molecule is COc1cc(Nc2ncccc2/C=C/C(=O)c2cccnc2Nc2ccc(O)cc2)cc(CO)c1OC. The number of aliphatic hydroxyl groups excluding tert-OH is 1. The fourth-order valence-electron chi connectivity index (χ4n) is 3.67. The van der Waals surface area contributed by atoms with E-state index in [9.17, 15) is 15.0 Å². The number of carbonyl (C=O) groups is 1. The maximum Gasteiger partial charge on any atom is 0.189 e. The molecule has 4 aromatic rings. The summed E-state index contributed by atoms with van der Waals surface area (Å²) < 4.78 is 10.7. The molecular formula is C28H26N4O5. The number of aliphatic hydroxyl groups is 1. The molecule has 0 radical (unpaired) electrons. The first kappa shape index (κ1) is 25.2. The third-order valence-electron chi connectivity index (χ3n) is 5.45. The van der Waals surface area contributed by atoms with E-state index in [2.05, 4.69) is 20.6 Å². The number of aromatic nitrogens is 2. The highest BCUT2D eigenvalue weighted by atomic mass is 16.5. The van der Waals surface area contributed by atoms with Crippen molar-refractivity contribution in [2.75, 3.05) is 24.9 Å². The summed E-state index contributed by atoms with van der Waals surface area (Å²) in [6, 6.07) is 16.9. The van der Waals surface area contributed by atoms with E-state index in [1.807, 2.05) is 6.07 Å². The zero-order chi connectivity index (χ0) is 26.2. The van der Waals surface area contributed by atoms with Crippen molar-refractivity contribution in [1.82, 2.24) is 9.97 Å². The number of nitrogens with zero attached hydrogens (tertiary/aromatic N) is 2. The number of carbonyl (C=O) groups excluding carboxylic acids is 1. The van der Waals surface area contributed by atoms with E-state index in [1.54, 1.807) is 73.1 Å². The molecule has 4 N–H and O–H groups in total. The molecule has 0 saturated carbocycles. The number of ether oxygens (including phenoxy) is 2. The zero-order valence-corrected chi connectivity index (χ0v) is 20.3.